The van der Waals surface area contributed by atoms with Crippen molar-refractivity contribution >= 4 is 62.6 Å². The summed E-state index contributed by atoms with van der Waals surface area (Å²) < 4.78 is 5.71. The van der Waals surface area contributed by atoms with Gasteiger partial charge in [0.1, 0.15) is 0 Å². The molecule has 4 rings (SSSR count). The maximum Gasteiger partial charge on any atom is 0.336 e. The first-order chi connectivity index (χ1) is 15.1. The molecule has 0 unspecified atom stereocenters. The molecule has 0 atom stereocenters. The summed E-state index contributed by atoms with van der Waals surface area (Å²) in [5.41, 5.74) is 1.88. The number of hydrogen-bond donors (Lipinski definition) is 1. The fraction of sp³-hybridized carbons (Fsp3) is 0.0800. The third-order valence-corrected chi connectivity index (χ3v) is 5.41. The highest BCUT2D eigenvalue weighted by molar-refractivity contribution is 7.80. The van der Waals surface area contributed by atoms with Crippen molar-refractivity contribution in [1.82, 2.24) is 0 Å². The van der Waals surface area contributed by atoms with E-state index in [-0.39, 0.29) is 10.7 Å². The third-order valence-electron chi connectivity index (χ3n) is 5.11. The number of carbonyl (C=O) groups is 2. The van der Waals surface area contributed by atoms with Crippen molar-refractivity contribution < 1.29 is 19.4 Å². The smallest absolute Gasteiger partial charge is 0.336 e. The molecule has 0 amide bonds. The molecule has 0 aromatic heterocycles. The van der Waals surface area contributed by atoms with Crippen LogP contribution in [0.15, 0.2) is 72.8 Å². The van der Waals surface area contributed by atoms with Crippen LogP contribution in [0.2, 0.25) is 0 Å². The van der Waals surface area contributed by atoms with E-state index in [1.807, 2.05) is 49.4 Å². The Kier molecular flexibility index (Phi) is 5.64. The summed E-state index contributed by atoms with van der Waals surface area (Å²) >= 11 is 5.63. The molecule has 1 N–H and O–H groups in total. The zero-order chi connectivity index (χ0) is 22.0. The molecule has 0 heterocycles. The maximum atomic E-state index is 12.0. The standard InChI is InChI=1S/C25H19NO4S/c1-2-30-25(31)26(23-17(15-27)12-11-16-7-3-4-8-18(16)23)22-14-13-21(24(28)29)19-9-5-6-10-20(19)22/h3-15H,2H2,1H3,(H,28,29). The van der Waals surface area contributed by atoms with E-state index in [1.54, 1.807) is 35.2 Å². The van der Waals surface area contributed by atoms with Gasteiger partial charge in [0, 0.05) is 16.3 Å². The van der Waals surface area contributed by atoms with Gasteiger partial charge in [0.05, 0.1) is 23.5 Å². The first-order valence-electron chi connectivity index (χ1n) is 9.75. The van der Waals surface area contributed by atoms with Gasteiger partial charge in [0.15, 0.2) is 6.29 Å². The second kappa shape index (κ2) is 8.53. The summed E-state index contributed by atoms with van der Waals surface area (Å²) in [6.07, 6.45) is 0.789. The summed E-state index contributed by atoms with van der Waals surface area (Å²) in [6.45, 7) is 2.18. The van der Waals surface area contributed by atoms with Crippen molar-refractivity contribution in [2.24, 2.45) is 0 Å². The number of carbonyl (C=O) groups excluding carboxylic acids is 1. The highest BCUT2D eigenvalue weighted by Crippen LogP contribution is 2.39. The molecule has 4 aromatic carbocycles. The Bertz CT molecular complexity index is 1330. The predicted molar refractivity (Wildman–Crippen MR) is 127 cm³/mol. The van der Waals surface area contributed by atoms with Crippen LogP contribution < -0.4 is 4.90 Å². The van der Waals surface area contributed by atoms with E-state index in [0.29, 0.717) is 34.3 Å². The minimum absolute atomic E-state index is 0.176. The first kappa shape index (κ1) is 20.5. The van der Waals surface area contributed by atoms with Gasteiger partial charge in [0.25, 0.3) is 5.17 Å². The summed E-state index contributed by atoms with van der Waals surface area (Å²) in [5, 5.41) is 12.9. The van der Waals surface area contributed by atoms with Gasteiger partial charge in [0.2, 0.25) is 0 Å². The first-order valence-corrected chi connectivity index (χ1v) is 10.2. The summed E-state index contributed by atoms with van der Waals surface area (Å²) in [7, 11) is 0. The number of carboxylic acids is 1. The second-order valence-electron chi connectivity index (χ2n) is 6.86. The Morgan fingerprint density at radius 1 is 0.968 bits per heavy atom. The molecule has 0 saturated heterocycles. The topological polar surface area (TPSA) is 66.8 Å². The van der Waals surface area contributed by atoms with Gasteiger partial charge in [-0.1, -0.05) is 54.6 Å². The number of nitrogens with zero attached hydrogens (tertiary/aromatic N) is 1. The lowest BCUT2D eigenvalue weighted by Gasteiger charge is -2.28. The molecule has 5 nitrogen and oxygen atoms in total. The third kappa shape index (κ3) is 3.62. The fourth-order valence-electron chi connectivity index (χ4n) is 3.78. The molecule has 0 fully saturated rings. The Morgan fingerprint density at radius 3 is 2.32 bits per heavy atom. The Morgan fingerprint density at radius 2 is 1.65 bits per heavy atom. The average molecular weight is 429 g/mol. The van der Waals surface area contributed by atoms with E-state index in [1.165, 1.54) is 0 Å². The molecule has 0 bridgehead atoms. The second-order valence-corrected chi connectivity index (χ2v) is 7.21. The zero-order valence-electron chi connectivity index (χ0n) is 16.7. The number of rotatable bonds is 5. The van der Waals surface area contributed by atoms with Crippen LogP contribution in [0.4, 0.5) is 11.4 Å². The van der Waals surface area contributed by atoms with Crippen molar-refractivity contribution in [3.8, 4) is 0 Å². The van der Waals surface area contributed by atoms with Crippen LogP contribution in [0.3, 0.4) is 0 Å². The number of anilines is 2. The van der Waals surface area contributed by atoms with Gasteiger partial charge in [-0.15, -0.1) is 0 Å². The van der Waals surface area contributed by atoms with Gasteiger partial charge in [-0.25, -0.2) is 4.79 Å². The van der Waals surface area contributed by atoms with E-state index < -0.39 is 5.97 Å². The van der Waals surface area contributed by atoms with Crippen LogP contribution in [0.25, 0.3) is 21.5 Å². The van der Waals surface area contributed by atoms with E-state index in [9.17, 15) is 14.7 Å². The molecule has 0 radical (unpaired) electrons. The number of aldehydes is 1. The van der Waals surface area contributed by atoms with Crippen molar-refractivity contribution in [1.29, 1.82) is 0 Å². The Balaban J connectivity index is 2.10. The van der Waals surface area contributed by atoms with Crippen LogP contribution in [0, 0.1) is 0 Å². The van der Waals surface area contributed by atoms with Crippen LogP contribution >= 0.6 is 12.2 Å². The molecule has 0 saturated carbocycles. The number of fused-ring (bicyclic) bond motifs is 2. The normalized spacial score (nSPS) is 10.7. The van der Waals surface area contributed by atoms with Crippen molar-refractivity contribution in [2.75, 3.05) is 11.5 Å². The Hall–Kier alpha value is -3.77. The van der Waals surface area contributed by atoms with Crippen LogP contribution in [0.1, 0.15) is 27.6 Å². The molecule has 6 heteroatoms. The van der Waals surface area contributed by atoms with E-state index in [0.717, 1.165) is 17.1 Å². The molecule has 31 heavy (non-hydrogen) atoms. The highest BCUT2D eigenvalue weighted by Gasteiger charge is 2.24. The zero-order valence-corrected chi connectivity index (χ0v) is 17.6. The molecule has 0 spiro atoms. The van der Waals surface area contributed by atoms with Gasteiger partial charge < -0.3 is 9.84 Å². The maximum absolute atomic E-state index is 12.0. The lowest BCUT2D eigenvalue weighted by atomic mass is 9.99. The molecule has 154 valence electrons. The average Bonchev–Trinajstić information content (AvgIpc) is 2.79. The molecule has 0 aliphatic heterocycles. The minimum atomic E-state index is -1.01. The van der Waals surface area contributed by atoms with E-state index in [4.69, 9.17) is 17.0 Å². The molecular weight excluding hydrogens is 410 g/mol. The largest absolute Gasteiger partial charge is 0.478 e. The quantitative estimate of drug-likeness (QED) is 0.312. The molecule has 0 aliphatic carbocycles. The minimum Gasteiger partial charge on any atom is -0.478 e. The lowest BCUT2D eigenvalue weighted by molar-refractivity contribution is 0.0699. The van der Waals surface area contributed by atoms with Crippen LogP contribution in [-0.2, 0) is 4.74 Å². The van der Waals surface area contributed by atoms with Crippen LogP contribution in [-0.4, -0.2) is 29.1 Å². The van der Waals surface area contributed by atoms with Gasteiger partial charge in [-0.2, -0.15) is 0 Å². The van der Waals surface area contributed by atoms with Crippen molar-refractivity contribution in [2.45, 2.75) is 6.92 Å². The number of benzene rings is 4. The van der Waals surface area contributed by atoms with Crippen molar-refractivity contribution in [3.63, 3.8) is 0 Å². The molecular formula is C25H19NO4S. The summed E-state index contributed by atoms with van der Waals surface area (Å²) in [4.78, 5) is 25.5. The Labute approximate surface area is 184 Å². The van der Waals surface area contributed by atoms with Gasteiger partial charge >= 0.3 is 5.97 Å². The van der Waals surface area contributed by atoms with E-state index >= 15 is 0 Å². The number of carboxylic acid groups (broad SMARTS) is 1. The van der Waals surface area contributed by atoms with Crippen molar-refractivity contribution in [3.05, 3.63) is 83.9 Å². The van der Waals surface area contributed by atoms with Gasteiger partial charge in [-0.05, 0) is 48.1 Å². The number of aromatic carboxylic acids is 1. The lowest BCUT2D eigenvalue weighted by Crippen LogP contribution is -2.28. The summed E-state index contributed by atoms with van der Waals surface area (Å²) in [5.74, 6) is -1.01. The fourth-order valence-corrected chi connectivity index (χ4v) is 4.09. The predicted octanol–water partition coefficient (Wildman–Crippen LogP) is 5.96. The number of thiocarbonyl (C=S) groups is 1. The van der Waals surface area contributed by atoms with Crippen LogP contribution in [0.5, 0.6) is 0 Å². The van der Waals surface area contributed by atoms with Gasteiger partial charge in [-0.3, -0.25) is 9.69 Å². The monoisotopic (exact) mass is 429 g/mol. The SMILES string of the molecule is CCOC(=S)N(c1c(C=O)ccc2ccccc12)c1ccc(C(=O)O)c2ccccc12. The summed E-state index contributed by atoms with van der Waals surface area (Å²) in [6, 6.07) is 21.8. The number of hydrogen-bond acceptors (Lipinski definition) is 4. The molecule has 4 aromatic rings. The molecule has 0 aliphatic rings. The van der Waals surface area contributed by atoms with E-state index in [2.05, 4.69) is 0 Å². The number of ether oxygens (including phenoxy) is 1. The highest BCUT2D eigenvalue weighted by atomic mass is 32.1.